The Morgan fingerprint density at radius 2 is 2.33 bits per heavy atom. The van der Waals surface area contributed by atoms with E-state index in [9.17, 15) is 0 Å². The second-order valence-corrected chi connectivity index (χ2v) is 5.49. The first kappa shape index (κ1) is 13.6. The molecule has 0 aliphatic carbocycles. The summed E-state index contributed by atoms with van der Waals surface area (Å²) in [6, 6.07) is 5.05. The van der Waals surface area contributed by atoms with Crippen LogP contribution in [0, 0.1) is 5.92 Å². The number of rotatable bonds is 4. The molecule has 2 rings (SSSR count). The Kier molecular flexibility index (Phi) is 4.84. The highest BCUT2D eigenvalue weighted by molar-refractivity contribution is 5.04. The maximum Gasteiger partial charge on any atom is 0.120 e. The molecular formula is C15H26N2O. The third-order valence-corrected chi connectivity index (χ3v) is 4.29. The topological polar surface area (TPSA) is 28.4 Å². The predicted molar refractivity (Wildman–Crippen MR) is 74.6 cm³/mol. The summed E-state index contributed by atoms with van der Waals surface area (Å²) in [5.41, 5.74) is 0. The fourth-order valence-electron chi connectivity index (χ4n) is 2.70. The molecule has 0 saturated carbocycles. The Labute approximate surface area is 111 Å². The molecule has 0 radical (unpaired) electrons. The van der Waals surface area contributed by atoms with Crippen LogP contribution in [-0.4, -0.2) is 30.6 Å². The van der Waals surface area contributed by atoms with E-state index in [0.717, 1.165) is 31.3 Å². The van der Waals surface area contributed by atoms with E-state index in [2.05, 4.69) is 37.1 Å². The zero-order valence-corrected chi connectivity index (χ0v) is 11.9. The monoisotopic (exact) mass is 250 g/mol. The standard InChI is InChI=1S/C15H26N2O/c1-4-12(2)14-11-17(9-6-8-16-14)13(3)15-7-5-10-18-15/h5,7,10,12-14,16H,4,6,8-9,11H2,1-3H3. The van der Waals surface area contributed by atoms with Gasteiger partial charge in [-0.2, -0.15) is 0 Å². The van der Waals surface area contributed by atoms with Crippen molar-refractivity contribution in [3.8, 4) is 0 Å². The maximum absolute atomic E-state index is 5.55. The molecule has 2 heterocycles. The zero-order valence-electron chi connectivity index (χ0n) is 11.9. The second-order valence-electron chi connectivity index (χ2n) is 5.49. The van der Waals surface area contributed by atoms with Crippen LogP contribution in [0.15, 0.2) is 22.8 Å². The number of hydrogen-bond acceptors (Lipinski definition) is 3. The van der Waals surface area contributed by atoms with Crippen LogP contribution in [0.1, 0.15) is 45.4 Å². The van der Waals surface area contributed by atoms with Crippen LogP contribution in [-0.2, 0) is 0 Å². The van der Waals surface area contributed by atoms with Crippen molar-refractivity contribution in [1.82, 2.24) is 10.2 Å². The van der Waals surface area contributed by atoms with E-state index < -0.39 is 0 Å². The largest absolute Gasteiger partial charge is 0.468 e. The predicted octanol–water partition coefficient (Wildman–Crippen LogP) is 3.05. The van der Waals surface area contributed by atoms with Crippen molar-refractivity contribution in [2.75, 3.05) is 19.6 Å². The average molecular weight is 250 g/mol. The molecule has 3 nitrogen and oxygen atoms in total. The Hall–Kier alpha value is -0.800. The minimum Gasteiger partial charge on any atom is -0.468 e. The molecule has 0 amide bonds. The molecule has 18 heavy (non-hydrogen) atoms. The van der Waals surface area contributed by atoms with E-state index in [4.69, 9.17) is 4.42 Å². The lowest BCUT2D eigenvalue weighted by atomic mass is 9.98. The first-order valence-electron chi connectivity index (χ1n) is 7.23. The molecule has 3 unspecified atom stereocenters. The van der Waals surface area contributed by atoms with Crippen LogP contribution < -0.4 is 5.32 Å². The molecule has 0 bridgehead atoms. The SMILES string of the molecule is CCC(C)C1CN(C(C)c2ccco2)CCCN1. The summed E-state index contributed by atoms with van der Waals surface area (Å²) in [5.74, 6) is 1.81. The third-order valence-electron chi connectivity index (χ3n) is 4.29. The molecular weight excluding hydrogens is 224 g/mol. The smallest absolute Gasteiger partial charge is 0.120 e. The molecule has 0 spiro atoms. The highest BCUT2D eigenvalue weighted by Gasteiger charge is 2.26. The molecule has 3 atom stereocenters. The van der Waals surface area contributed by atoms with E-state index in [1.165, 1.54) is 12.8 Å². The lowest BCUT2D eigenvalue weighted by Crippen LogP contribution is -2.42. The normalized spacial score (nSPS) is 25.6. The molecule has 1 saturated heterocycles. The maximum atomic E-state index is 5.55. The van der Waals surface area contributed by atoms with E-state index in [1.807, 2.05) is 6.07 Å². The summed E-state index contributed by atoms with van der Waals surface area (Å²) >= 11 is 0. The fourth-order valence-corrected chi connectivity index (χ4v) is 2.70. The molecule has 102 valence electrons. The summed E-state index contributed by atoms with van der Waals surface area (Å²) in [6.07, 6.45) is 4.23. The summed E-state index contributed by atoms with van der Waals surface area (Å²) in [4.78, 5) is 2.55. The van der Waals surface area contributed by atoms with Crippen molar-refractivity contribution in [2.45, 2.75) is 45.7 Å². The van der Waals surface area contributed by atoms with Crippen molar-refractivity contribution in [3.63, 3.8) is 0 Å². The molecule has 1 aliphatic rings. The lowest BCUT2D eigenvalue weighted by molar-refractivity contribution is 0.170. The fraction of sp³-hybridized carbons (Fsp3) is 0.733. The van der Waals surface area contributed by atoms with Crippen molar-refractivity contribution < 1.29 is 4.42 Å². The van der Waals surface area contributed by atoms with Gasteiger partial charge in [-0.05, 0) is 37.9 Å². The van der Waals surface area contributed by atoms with Gasteiger partial charge in [0.05, 0.1) is 12.3 Å². The van der Waals surface area contributed by atoms with Crippen molar-refractivity contribution in [3.05, 3.63) is 24.2 Å². The highest BCUT2D eigenvalue weighted by atomic mass is 16.3. The molecule has 1 fully saturated rings. The molecule has 1 N–H and O–H groups in total. The summed E-state index contributed by atoms with van der Waals surface area (Å²) in [5, 5.41) is 3.69. The van der Waals surface area contributed by atoms with Gasteiger partial charge in [-0.25, -0.2) is 0 Å². The highest BCUT2D eigenvalue weighted by Crippen LogP contribution is 2.23. The molecule has 1 aromatic rings. The van der Waals surface area contributed by atoms with Gasteiger partial charge in [0.1, 0.15) is 5.76 Å². The minimum absolute atomic E-state index is 0.381. The average Bonchev–Trinajstić information content (AvgIpc) is 2.81. The molecule has 1 aromatic heterocycles. The summed E-state index contributed by atoms with van der Waals surface area (Å²) in [7, 11) is 0. The zero-order chi connectivity index (χ0) is 13.0. The van der Waals surface area contributed by atoms with Gasteiger partial charge in [0.15, 0.2) is 0 Å². The summed E-state index contributed by atoms with van der Waals surface area (Å²) in [6.45, 7) is 10.3. The second kappa shape index (κ2) is 6.39. The molecule has 3 heteroatoms. The quantitative estimate of drug-likeness (QED) is 0.890. The van der Waals surface area contributed by atoms with Gasteiger partial charge in [-0.3, -0.25) is 4.90 Å². The van der Waals surface area contributed by atoms with Crippen molar-refractivity contribution in [2.24, 2.45) is 5.92 Å². The van der Waals surface area contributed by atoms with Crippen LogP contribution in [0.25, 0.3) is 0 Å². The van der Waals surface area contributed by atoms with E-state index in [0.29, 0.717) is 12.1 Å². The van der Waals surface area contributed by atoms with Crippen LogP contribution in [0.4, 0.5) is 0 Å². The van der Waals surface area contributed by atoms with Gasteiger partial charge in [0.25, 0.3) is 0 Å². The Morgan fingerprint density at radius 1 is 1.50 bits per heavy atom. The minimum atomic E-state index is 0.381. The lowest BCUT2D eigenvalue weighted by Gasteiger charge is -2.31. The van der Waals surface area contributed by atoms with Crippen molar-refractivity contribution in [1.29, 1.82) is 0 Å². The first-order chi connectivity index (χ1) is 8.72. The van der Waals surface area contributed by atoms with Crippen LogP contribution in [0.3, 0.4) is 0 Å². The number of nitrogens with one attached hydrogen (secondary N) is 1. The van der Waals surface area contributed by atoms with Gasteiger partial charge in [-0.1, -0.05) is 20.3 Å². The third kappa shape index (κ3) is 3.15. The van der Waals surface area contributed by atoms with Crippen LogP contribution >= 0.6 is 0 Å². The van der Waals surface area contributed by atoms with Gasteiger partial charge in [-0.15, -0.1) is 0 Å². The number of nitrogens with zero attached hydrogens (tertiary/aromatic N) is 1. The van der Waals surface area contributed by atoms with E-state index in [1.54, 1.807) is 6.26 Å². The molecule has 1 aliphatic heterocycles. The number of furan rings is 1. The van der Waals surface area contributed by atoms with Gasteiger partial charge < -0.3 is 9.73 Å². The van der Waals surface area contributed by atoms with Gasteiger partial charge in [0, 0.05) is 19.1 Å². The van der Waals surface area contributed by atoms with Gasteiger partial charge in [0.2, 0.25) is 0 Å². The van der Waals surface area contributed by atoms with Gasteiger partial charge >= 0.3 is 0 Å². The van der Waals surface area contributed by atoms with E-state index in [-0.39, 0.29) is 0 Å². The Bertz CT molecular complexity index is 336. The molecule has 0 aromatic carbocycles. The first-order valence-corrected chi connectivity index (χ1v) is 7.23. The Balaban J connectivity index is 2.02. The van der Waals surface area contributed by atoms with E-state index >= 15 is 0 Å². The van der Waals surface area contributed by atoms with Crippen LogP contribution in [0.5, 0.6) is 0 Å². The number of hydrogen-bond donors (Lipinski definition) is 1. The van der Waals surface area contributed by atoms with Crippen molar-refractivity contribution >= 4 is 0 Å². The Morgan fingerprint density at radius 3 is 3.00 bits per heavy atom. The summed E-state index contributed by atoms with van der Waals surface area (Å²) < 4.78 is 5.55. The van der Waals surface area contributed by atoms with Crippen LogP contribution in [0.2, 0.25) is 0 Å².